The zero-order valence-electron chi connectivity index (χ0n) is 11.4. The molecule has 4 nitrogen and oxygen atoms in total. The van der Waals surface area contributed by atoms with Crippen LogP contribution >= 0.6 is 11.3 Å². The van der Waals surface area contributed by atoms with Crippen LogP contribution in [0.15, 0.2) is 16.8 Å². The van der Waals surface area contributed by atoms with E-state index >= 15 is 0 Å². The molecule has 0 unspecified atom stereocenters. The van der Waals surface area contributed by atoms with E-state index in [0.29, 0.717) is 5.56 Å². The van der Waals surface area contributed by atoms with Gasteiger partial charge in [-0.2, -0.15) is 11.3 Å². The van der Waals surface area contributed by atoms with Gasteiger partial charge in [0.1, 0.15) is 5.60 Å². The summed E-state index contributed by atoms with van der Waals surface area (Å²) in [7, 11) is 1.57. The van der Waals surface area contributed by atoms with Gasteiger partial charge in [0.25, 0.3) is 0 Å². The number of rotatable bonds is 3. The molecule has 0 aliphatic rings. The lowest BCUT2D eigenvalue weighted by atomic mass is 10.1. The summed E-state index contributed by atoms with van der Waals surface area (Å²) in [5.74, 6) is -0.0791. The maximum atomic E-state index is 12.1. The van der Waals surface area contributed by atoms with Gasteiger partial charge in [-0.3, -0.25) is 4.79 Å². The second kappa shape index (κ2) is 5.52. The first kappa shape index (κ1) is 14.7. The molecule has 0 aromatic carbocycles. The van der Waals surface area contributed by atoms with Gasteiger partial charge in [-0.15, -0.1) is 0 Å². The first-order valence-corrected chi connectivity index (χ1v) is 6.69. The molecule has 5 heteroatoms. The van der Waals surface area contributed by atoms with Gasteiger partial charge in [0.15, 0.2) is 5.78 Å². The molecule has 0 bridgehead atoms. The van der Waals surface area contributed by atoms with E-state index in [-0.39, 0.29) is 5.78 Å². The Balaban J connectivity index is 2.69. The summed E-state index contributed by atoms with van der Waals surface area (Å²) in [6.07, 6.45) is -0.487. The van der Waals surface area contributed by atoms with Crippen LogP contribution in [0.1, 0.15) is 38.1 Å². The largest absolute Gasteiger partial charge is 0.444 e. The van der Waals surface area contributed by atoms with Crippen molar-refractivity contribution in [3.63, 3.8) is 0 Å². The Morgan fingerprint density at radius 1 is 1.39 bits per heavy atom. The molecule has 0 fully saturated rings. The predicted octanol–water partition coefficient (Wildman–Crippen LogP) is 3.19. The second-order valence-corrected chi connectivity index (χ2v) is 5.92. The van der Waals surface area contributed by atoms with Crippen molar-refractivity contribution >= 4 is 23.2 Å². The molecule has 1 atom stereocenters. The number of nitrogens with zero attached hydrogens (tertiary/aromatic N) is 1. The lowest BCUT2D eigenvalue weighted by molar-refractivity contribution is 0.0231. The van der Waals surface area contributed by atoms with Gasteiger partial charge in [-0.25, -0.2) is 4.79 Å². The minimum atomic E-state index is -0.559. The fourth-order valence-electron chi connectivity index (χ4n) is 1.31. The van der Waals surface area contributed by atoms with Crippen LogP contribution in [0, 0.1) is 0 Å². The number of hydrogen-bond acceptors (Lipinski definition) is 4. The number of ketones is 1. The van der Waals surface area contributed by atoms with Crippen molar-refractivity contribution in [3.8, 4) is 0 Å². The Morgan fingerprint density at radius 3 is 2.44 bits per heavy atom. The lowest BCUT2D eigenvalue weighted by Crippen LogP contribution is -2.43. The Hall–Kier alpha value is -1.36. The van der Waals surface area contributed by atoms with E-state index in [0.717, 1.165) is 0 Å². The van der Waals surface area contributed by atoms with Crippen molar-refractivity contribution in [3.05, 3.63) is 22.4 Å². The molecule has 0 saturated carbocycles. The summed E-state index contributed by atoms with van der Waals surface area (Å²) in [5, 5.41) is 3.62. The molecule has 1 rings (SSSR count). The zero-order chi connectivity index (χ0) is 13.9. The number of thiophene rings is 1. The van der Waals surface area contributed by atoms with Crippen LogP contribution in [0.4, 0.5) is 4.79 Å². The van der Waals surface area contributed by atoms with E-state index in [9.17, 15) is 9.59 Å². The highest BCUT2D eigenvalue weighted by atomic mass is 32.1. The molecule has 18 heavy (non-hydrogen) atoms. The number of Topliss-reactive ketones (excluding diaryl/α,β-unsaturated/α-hetero) is 1. The molecular formula is C13H19NO3S. The first-order chi connectivity index (χ1) is 8.22. The van der Waals surface area contributed by atoms with Crippen molar-refractivity contribution in [1.82, 2.24) is 4.90 Å². The fourth-order valence-corrected chi connectivity index (χ4v) is 1.96. The van der Waals surface area contributed by atoms with E-state index < -0.39 is 17.7 Å². The average molecular weight is 269 g/mol. The van der Waals surface area contributed by atoms with Crippen LogP contribution in [0.5, 0.6) is 0 Å². The van der Waals surface area contributed by atoms with Crippen molar-refractivity contribution < 1.29 is 14.3 Å². The van der Waals surface area contributed by atoms with Gasteiger partial charge in [0.05, 0.1) is 6.04 Å². The van der Waals surface area contributed by atoms with Crippen LogP contribution in [0.2, 0.25) is 0 Å². The summed E-state index contributed by atoms with van der Waals surface area (Å²) < 4.78 is 5.23. The van der Waals surface area contributed by atoms with Gasteiger partial charge in [0.2, 0.25) is 0 Å². The molecular weight excluding hydrogens is 250 g/mol. The molecule has 0 spiro atoms. The Kier molecular flexibility index (Phi) is 4.51. The summed E-state index contributed by atoms with van der Waals surface area (Å²) in [4.78, 5) is 25.2. The fraction of sp³-hybridized carbons (Fsp3) is 0.538. The SMILES string of the molecule is C[C@@H](C(=O)c1ccsc1)N(C)C(=O)OC(C)(C)C. The third kappa shape index (κ3) is 3.84. The van der Waals surface area contributed by atoms with Gasteiger partial charge in [-0.05, 0) is 39.1 Å². The highest BCUT2D eigenvalue weighted by Crippen LogP contribution is 2.14. The number of ether oxygens (including phenoxy) is 1. The predicted molar refractivity (Wildman–Crippen MR) is 72.1 cm³/mol. The van der Waals surface area contributed by atoms with E-state index in [4.69, 9.17) is 4.74 Å². The maximum Gasteiger partial charge on any atom is 0.410 e. The molecule has 0 radical (unpaired) electrons. The highest BCUT2D eigenvalue weighted by molar-refractivity contribution is 7.08. The molecule has 0 aliphatic carbocycles. The van der Waals surface area contributed by atoms with Crippen molar-refractivity contribution in [2.75, 3.05) is 7.05 Å². The number of hydrogen-bond donors (Lipinski definition) is 0. The van der Waals surface area contributed by atoms with Crippen LogP contribution < -0.4 is 0 Å². The number of carbonyl (C=O) groups is 2. The minimum absolute atomic E-state index is 0.0791. The van der Waals surface area contributed by atoms with Crippen LogP contribution in [0.3, 0.4) is 0 Å². The molecule has 100 valence electrons. The highest BCUT2D eigenvalue weighted by Gasteiger charge is 2.27. The van der Waals surface area contributed by atoms with E-state index in [1.807, 2.05) is 5.38 Å². The summed E-state index contributed by atoms with van der Waals surface area (Å²) in [5.41, 5.74) is 0.0687. The number of amides is 1. The van der Waals surface area contributed by atoms with Gasteiger partial charge in [-0.1, -0.05) is 0 Å². The van der Waals surface area contributed by atoms with Crippen LogP contribution in [-0.4, -0.2) is 35.5 Å². The topological polar surface area (TPSA) is 46.6 Å². The van der Waals surface area contributed by atoms with Crippen LogP contribution in [0.25, 0.3) is 0 Å². The Bertz CT molecular complexity index is 420. The Morgan fingerprint density at radius 2 is 2.00 bits per heavy atom. The Labute approximate surface area is 112 Å². The van der Waals surface area contributed by atoms with E-state index in [1.54, 1.807) is 46.2 Å². The molecule has 1 heterocycles. The number of likely N-dealkylation sites (N-methyl/N-ethyl adjacent to an activating group) is 1. The van der Waals surface area contributed by atoms with E-state index in [2.05, 4.69) is 0 Å². The normalized spacial score (nSPS) is 12.9. The monoisotopic (exact) mass is 269 g/mol. The molecule has 1 amide bonds. The van der Waals surface area contributed by atoms with Gasteiger partial charge in [0, 0.05) is 18.0 Å². The molecule has 0 saturated heterocycles. The lowest BCUT2D eigenvalue weighted by Gasteiger charge is -2.27. The molecule has 0 N–H and O–H groups in total. The summed E-state index contributed by atoms with van der Waals surface area (Å²) >= 11 is 1.46. The average Bonchev–Trinajstić information content (AvgIpc) is 2.77. The van der Waals surface area contributed by atoms with E-state index in [1.165, 1.54) is 16.2 Å². The van der Waals surface area contributed by atoms with Crippen molar-refractivity contribution in [2.45, 2.75) is 39.3 Å². The first-order valence-electron chi connectivity index (χ1n) is 5.74. The quantitative estimate of drug-likeness (QED) is 0.792. The van der Waals surface area contributed by atoms with Crippen molar-refractivity contribution in [2.24, 2.45) is 0 Å². The standard InChI is InChI=1S/C13H19NO3S/c1-9(11(15)10-6-7-18-8-10)14(5)12(16)17-13(2,3)4/h6-9H,1-5H3/t9-/m0/s1. The number of carbonyl (C=O) groups excluding carboxylic acids is 2. The smallest absolute Gasteiger partial charge is 0.410 e. The molecule has 1 aromatic heterocycles. The summed E-state index contributed by atoms with van der Waals surface area (Å²) in [6.45, 7) is 7.09. The third-order valence-corrected chi connectivity index (χ3v) is 3.13. The van der Waals surface area contributed by atoms with Crippen LogP contribution in [-0.2, 0) is 4.74 Å². The van der Waals surface area contributed by atoms with Crippen molar-refractivity contribution in [1.29, 1.82) is 0 Å². The molecule has 1 aromatic rings. The summed E-state index contributed by atoms with van der Waals surface area (Å²) in [6, 6.07) is 1.22. The molecule has 0 aliphatic heterocycles. The maximum absolute atomic E-state index is 12.1. The minimum Gasteiger partial charge on any atom is -0.444 e. The van der Waals surface area contributed by atoms with Gasteiger partial charge >= 0.3 is 6.09 Å². The zero-order valence-corrected chi connectivity index (χ0v) is 12.2. The van der Waals surface area contributed by atoms with Gasteiger partial charge < -0.3 is 9.64 Å². The second-order valence-electron chi connectivity index (χ2n) is 5.14. The third-order valence-electron chi connectivity index (χ3n) is 2.45.